The van der Waals surface area contributed by atoms with E-state index in [-0.39, 0.29) is 17.0 Å². The molecule has 5 rings (SSSR count). The number of rotatable bonds is 4. The number of likely N-dealkylation sites (N-methyl/N-ethyl adjacent to an activating group) is 1. The molecule has 1 unspecified atom stereocenters. The van der Waals surface area contributed by atoms with E-state index in [9.17, 15) is 4.39 Å². The van der Waals surface area contributed by atoms with Crippen molar-refractivity contribution in [3.8, 4) is 11.5 Å². The Morgan fingerprint density at radius 3 is 2.84 bits per heavy atom. The van der Waals surface area contributed by atoms with Gasteiger partial charge in [0.25, 0.3) is 0 Å². The van der Waals surface area contributed by atoms with Gasteiger partial charge in [-0.25, -0.2) is 4.39 Å². The fraction of sp³-hybridized carbons (Fsp3) is 0.455. The van der Waals surface area contributed by atoms with Crippen LogP contribution in [0, 0.1) is 5.82 Å². The zero-order chi connectivity index (χ0) is 22.4. The summed E-state index contributed by atoms with van der Waals surface area (Å²) >= 11 is 12.7. The number of aromatic nitrogens is 4. The monoisotopic (exact) mass is 476 g/mol. The Labute approximate surface area is 195 Å². The Kier molecular flexibility index (Phi) is 5.77. The van der Waals surface area contributed by atoms with Gasteiger partial charge in [-0.15, -0.1) is 5.10 Å². The van der Waals surface area contributed by atoms with Crippen molar-refractivity contribution >= 4 is 28.9 Å². The molecule has 2 aliphatic rings. The van der Waals surface area contributed by atoms with Crippen molar-refractivity contribution in [2.45, 2.75) is 38.1 Å². The van der Waals surface area contributed by atoms with Crippen LogP contribution in [0.25, 0.3) is 11.5 Å². The number of hydrogen-bond donors (Lipinski definition) is 0. The maximum absolute atomic E-state index is 14.2. The molecule has 2 atom stereocenters. The van der Waals surface area contributed by atoms with Gasteiger partial charge in [-0.2, -0.15) is 10.1 Å². The summed E-state index contributed by atoms with van der Waals surface area (Å²) in [5, 5.41) is 13.4. The number of likely N-dealkylation sites (tertiary alicyclic amines) is 1. The van der Waals surface area contributed by atoms with Gasteiger partial charge in [-0.3, -0.25) is 0 Å². The highest BCUT2D eigenvalue weighted by Crippen LogP contribution is 2.40. The summed E-state index contributed by atoms with van der Waals surface area (Å²) in [5.41, 5.74) is 2.88. The molecular weight excluding hydrogens is 454 g/mol. The molecule has 0 N–H and O–H groups in total. The largest absolute Gasteiger partial charge is 0.363 e. The number of hydrogen-bond acceptors (Lipinski definition) is 7. The molecule has 0 aliphatic carbocycles. The summed E-state index contributed by atoms with van der Waals surface area (Å²) in [6.45, 7) is 4.64. The summed E-state index contributed by atoms with van der Waals surface area (Å²) in [6, 6.07) is 4.49. The van der Waals surface area contributed by atoms with Crippen molar-refractivity contribution in [1.29, 1.82) is 0 Å². The van der Waals surface area contributed by atoms with E-state index in [1.165, 1.54) is 12.1 Å². The molecule has 4 heterocycles. The number of fused-ring (bicyclic) bond motifs is 1. The van der Waals surface area contributed by atoms with Crippen LogP contribution in [0.4, 0.5) is 10.1 Å². The first-order chi connectivity index (χ1) is 15.4. The van der Waals surface area contributed by atoms with Gasteiger partial charge in [-0.1, -0.05) is 28.4 Å². The summed E-state index contributed by atoms with van der Waals surface area (Å²) in [7, 11) is 2.08. The summed E-state index contributed by atoms with van der Waals surface area (Å²) < 4.78 is 19.7. The Morgan fingerprint density at radius 1 is 1.22 bits per heavy atom. The van der Waals surface area contributed by atoms with Gasteiger partial charge >= 0.3 is 0 Å². The third-order valence-electron chi connectivity index (χ3n) is 6.35. The van der Waals surface area contributed by atoms with E-state index in [1.54, 1.807) is 0 Å². The van der Waals surface area contributed by atoms with Gasteiger partial charge in [0.05, 0.1) is 28.4 Å². The van der Waals surface area contributed by atoms with Crippen LogP contribution >= 0.6 is 23.2 Å². The standard InChI is InChI=1S/C22H23Cl2FN6O/c1-12(19-14(23)5-6-15(25)20(19)24)31-8-3-4-16-18(31)10-17(28-27-16)21-26-22(32-29-21)13-7-9-30(2)11-13/h5-6,10,12-13H,3-4,7-9,11H2,1-2H3/t12-,13?/m1/s1. The van der Waals surface area contributed by atoms with E-state index in [2.05, 4.69) is 37.2 Å². The first-order valence-electron chi connectivity index (χ1n) is 10.7. The maximum atomic E-state index is 14.2. The fourth-order valence-electron chi connectivity index (χ4n) is 4.61. The summed E-state index contributed by atoms with van der Waals surface area (Å²) in [6.07, 6.45) is 2.70. The average Bonchev–Trinajstić information content (AvgIpc) is 3.45. The van der Waals surface area contributed by atoms with Crippen molar-refractivity contribution < 1.29 is 8.91 Å². The van der Waals surface area contributed by atoms with E-state index in [4.69, 9.17) is 27.7 Å². The van der Waals surface area contributed by atoms with Crippen LogP contribution in [0.5, 0.6) is 0 Å². The molecule has 0 spiro atoms. The van der Waals surface area contributed by atoms with Crippen molar-refractivity contribution in [3.63, 3.8) is 0 Å². The molecule has 10 heteroatoms. The molecule has 0 saturated carbocycles. The topological polar surface area (TPSA) is 71.2 Å². The van der Waals surface area contributed by atoms with Gasteiger partial charge in [0, 0.05) is 23.7 Å². The molecular formula is C22H23Cl2FN6O. The normalized spacial score (nSPS) is 19.9. The number of halogens is 3. The molecule has 7 nitrogen and oxygen atoms in total. The molecule has 0 bridgehead atoms. The number of anilines is 1. The first-order valence-corrected chi connectivity index (χ1v) is 11.5. The molecule has 32 heavy (non-hydrogen) atoms. The highest BCUT2D eigenvalue weighted by atomic mass is 35.5. The average molecular weight is 477 g/mol. The summed E-state index contributed by atoms with van der Waals surface area (Å²) in [5.74, 6) is 0.804. The second kappa shape index (κ2) is 8.57. The second-order valence-corrected chi connectivity index (χ2v) is 9.28. The van der Waals surface area contributed by atoms with Crippen molar-refractivity contribution in [1.82, 2.24) is 25.2 Å². The third kappa shape index (κ3) is 3.84. The van der Waals surface area contributed by atoms with E-state index < -0.39 is 5.82 Å². The Hall–Kier alpha value is -2.29. The predicted octanol–water partition coefficient (Wildman–Crippen LogP) is 4.91. The molecule has 1 saturated heterocycles. The molecule has 2 aliphatic heterocycles. The number of benzene rings is 1. The summed E-state index contributed by atoms with van der Waals surface area (Å²) in [4.78, 5) is 8.98. The fourth-order valence-corrected chi connectivity index (χ4v) is 5.29. The lowest BCUT2D eigenvalue weighted by atomic mass is 10.0. The van der Waals surface area contributed by atoms with Gasteiger partial charge in [-0.05, 0) is 58.0 Å². The van der Waals surface area contributed by atoms with E-state index in [0.717, 1.165) is 50.3 Å². The van der Waals surface area contributed by atoms with Crippen LogP contribution in [0.3, 0.4) is 0 Å². The van der Waals surface area contributed by atoms with Gasteiger partial charge < -0.3 is 14.3 Å². The van der Waals surface area contributed by atoms with Gasteiger partial charge in [0.2, 0.25) is 11.7 Å². The Balaban J connectivity index is 1.48. The van der Waals surface area contributed by atoms with E-state index in [1.807, 2.05) is 13.0 Å². The maximum Gasteiger partial charge on any atom is 0.231 e. The van der Waals surface area contributed by atoms with Crippen LogP contribution in [-0.2, 0) is 6.42 Å². The van der Waals surface area contributed by atoms with E-state index in [0.29, 0.717) is 28.0 Å². The zero-order valence-electron chi connectivity index (χ0n) is 17.9. The molecule has 2 aromatic heterocycles. The minimum absolute atomic E-state index is 0.0451. The zero-order valence-corrected chi connectivity index (χ0v) is 19.4. The second-order valence-electron chi connectivity index (χ2n) is 8.50. The predicted molar refractivity (Wildman–Crippen MR) is 121 cm³/mol. The number of nitrogens with zero attached hydrogens (tertiary/aromatic N) is 6. The van der Waals surface area contributed by atoms with Gasteiger partial charge in [0.15, 0.2) is 0 Å². The molecule has 3 aromatic rings. The molecule has 1 fully saturated rings. The van der Waals surface area contributed by atoms with Crippen molar-refractivity contribution in [2.75, 3.05) is 31.6 Å². The Bertz CT molecular complexity index is 1160. The van der Waals surface area contributed by atoms with Crippen LogP contribution in [-0.4, -0.2) is 51.9 Å². The van der Waals surface area contributed by atoms with Crippen molar-refractivity contribution in [2.24, 2.45) is 0 Å². The molecule has 0 radical (unpaired) electrons. The van der Waals surface area contributed by atoms with Crippen LogP contribution < -0.4 is 4.90 Å². The smallest absolute Gasteiger partial charge is 0.231 e. The van der Waals surface area contributed by atoms with E-state index >= 15 is 0 Å². The first kappa shape index (κ1) is 21.6. The van der Waals surface area contributed by atoms with Crippen LogP contribution in [0.1, 0.15) is 48.9 Å². The molecule has 0 amide bonds. The Morgan fingerprint density at radius 2 is 2.06 bits per heavy atom. The lowest BCUT2D eigenvalue weighted by molar-refractivity contribution is 0.344. The number of aryl methyl sites for hydroxylation is 1. The molecule has 168 valence electrons. The minimum Gasteiger partial charge on any atom is -0.363 e. The van der Waals surface area contributed by atoms with Crippen LogP contribution in [0.15, 0.2) is 22.7 Å². The highest BCUT2D eigenvalue weighted by Gasteiger charge is 2.30. The van der Waals surface area contributed by atoms with Crippen molar-refractivity contribution in [3.05, 3.63) is 51.2 Å². The minimum atomic E-state index is -0.486. The highest BCUT2D eigenvalue weighted by molar-refractivity contribution is 6.36. The van der Waals surface area contributed by atoms with Gasteiger partial charge in [0.1, 0.15) is 11.5 Å². The molecule has 1 aromatic carbocycles. The SMILES string of the molecule is C[C@H](c1c(Cl)ccc(F)c1Cl)N1CCCc2nnc(-c3noc(C4CCN(C)C4)n3)cc21. The van der Waals surface area contributed by atoms with Crippen LogP contribution in [0.2, 0.25) is 10.0 Å². The lowest BCUT2D eigenvalue weighted by Crippen LogP contribution is -2.33. The quantitative estimate of drug-likeness (QED) is 0.495. The lowest BCUT2D eigenvalue weighted by Gasteiger charge is -2.36. The third-order valence-corrected chi connectivity index (χ3v) is 7.06.